The molecule has 1 aliphatic rings. The summed E-state index contributed by atoms with van der Waals surface area (Å²) in [6.07, 6.45) is 0. The van der Waals surface area contributed by atoms with Gasteiger partial charge in [-0.25, -0.2) is 4.79 Å². The molecule has 0 saturated carbocycles. The van der Waals surface area contributed by atoms with Gasteiger partial charge >= 0.3 is 6.03 Å². The fraction of sp³-hybridized carbons (Fsp3) is 0.412. The monoisotopic (exact) mass is 301 g/mol. The minimum atomic E-state index is -0.392. The highest BCUT2D eigenvalue weighted by molar-refractivity contribution is 5.98. The van der Waals surface area contributed by atoms with Crippen molar-refractivity contribution in [2.45, 2.75) is 33.7 Å². The number of carbonyl (C=O) groups excluding carboxylic acids is 2. The van der Waals surface area contributed by atoms with Crippen LogP contribution in [0, 0.1) is 0 Å². The zero-order valence-electron chi connectivity index (χ0n) is 13.6. The number of amides is 2. The molecule has 1 atom stereocenters. The molecule has 5 heteroatoms. The number of rotatable bonds is 5. The quantitative estimate of drug-likeness (QED) is 0.879. The normalized spacial score (nSPS) is 17.8. The first-order valence-corrected chi connectivity index (χ1v) is 7.62. The average Bonchev–Trinajstić information content (AvgIpc) is 2.48. The van der Waals surface area contributed by atoms with Gasteiger partial charge in [0.2, 0.25) is 0 Å². The zero-order valence-corrected chi connectivity index (χ0v) is 13.6. The van der Waals surface area contributed by atoms with E-state index in [-0.39, 0.29) is 11.8 Å². The number of hydrogen-bond donors (Lipinski definition) is 2. The Morgan fingerprint density at radius 3 is 2.27 bits per heavy atom. The molecule has 0 aliphatic carbocycles. The lowest BCUT2D eigenvalue weighted by Crippen LogP contribution is -2.44. The van der Waals surface area contributed by atoms with Gasteiger partial charge < -0.3 is 15.5 Å². The number of allylic oxidation sites excluding steroid dienone is 1. The number of benzene rings is 1. The highest BCUT2D eigenvalue weighted by atomic mass is 16.2. The van der Waals surface area contributed by atoms with Gasteiger partial charge in [0.05, 0.1) is 6.04 Å². The van der Waals surface area contributed by atoms with Crippen molar-refractivity contribution in [3.05, 3.63) is 41.1 Å². The Balaban J connectivity index is 2.35. The van der Waals surface area contributed by atoms with Crippen LogP contribution < -0.4 is 15.5 Å². The number of carbonyl (C=O) groups is 2. The molecule has 1 aliphatic heterocycles. The lowest BCUT2D eigenvalue weighted by atomic mass is 9.93. The van der Waals surface area contributed by atoms with Crippen LogP contribution in [0.2, 0.25) is 0 Å². The van der Waals surface area contributed by atoms with E-state index in [4.69, 9.17) is 0 Å². The maximum atomic E-state index is 11.9. The van der Waals surface area contributed by atoms with Gasteiger partial charge in [-0.05, 0) is 45.4 Å². The molecule has 0 fully saturated rings. The summed E-state index contributed by atoms with van der Waals surface area (Å²) in [7, 11) is 0. The van der Waals surface area contributed by atoms with Crippen LogP contribution in [-0.2, 0) is 4.79 Å². The van der Waals surface area contributed by atoms with Crippen LogP contribution in [0.4, 0.5) is 10.5 Å². The predicted octanol–water partition coefficient (Wildman–Crippen LogP) is 2.75. The van der Waals surface area contributed by atoms with Gasteiger partial charge in [-0.1, -0.05) is 12.1 Å². The first kappa shape index (κ1) is 16.1. The molecule has 1 aromatic rings. The predicted molar refractivity (Wildman–Crippen MR) is 87.8 cm³/mol. The second-order valence-corrected chi connectivity index (χ2v) is 5.39. The van der Waals surface area contributed by atoms with Crippen LogP contribution in [0.15, 0.2) is 35.5 Å². The summed E-state index contributed by atoms with van der Waals surface area (Å²) in [5, 5.41) is 5.49. The van der Waals surface area contributed by atoms with Gasteiger partial charge in [-0.3, -0.25) is 4.79 Å². The Hall–Kier alpha value is -2.30. The van der Waals surface area contributed by atoms with Crippen LogP contribution in [-0.4, -0.2) is 24.9 Å². The molecule has 0 spiro atoms. The van der Waals surface area contributed by atoms with Gasteiger partial charge in [0.15, 0.2) is 5.78 Å². The van der Waals surface area contributed by atoms with Crippen molar-refractivity contribution in [3.8, 4) is 0 Å². The maximum absolute atomic E-state index is 11.9. The van der Waals surface area contributed by atoms with Crippen molar-refractivity contribution < 1.29 is 9.59 Å². The van der Waals surface area contributed by atoms with E-state index in [1.165, 1.54) is 6.92 Å². The molecular formula is C17H23N3O2. The Morgan fingerprint density at radius 1 is 1.18 bits per heavy atom. The highest BCUT2D eigenvalue weighted by Gasteiger charge is 2.28. The number of ketones is 1. The van der Waals surface area contributed by atoms with Crippen molar-refractivity contribution in [2.75, 3.05) is 18.0 Å². The van der Waals surface area contributed by atoms with E-state index in [1.54, 1.807) is 6.92 Å². The van der Waals surface area contributed by atoms with Crippen LogP contribution in [0.3, 0.4) is 0 Å². The van der Waals surface area contributed by atoms with Gasteiger partial charge in [-0.2, -0.15) is 0 Å². The summed E-state index contributed by atoms with van der Waals surface area (Å²) in [6.45, 7) is 9.39. The van der Waals surface area contributed by atoms with E-state index in [9.17, 15) is 9.59 Å². The van der Waals surface area contributed by atoms with Crippen LogP contribution in [0.25, 0.3) is 0 Å². The number of Topliss-reactive ketones (excluding diaryl/α,β-unsaturated/α-hetero) is 1. The molecule has 2 amide bonds. The van der Waals surface area contributed by atoms with E-state index in [0.29, 0.717) is 11.3 Å². The average molecular weight is 301 g/mol. The molecule has 22 heavy (non-hydrogen) atoms. The second kappa shape index (κ2) is 6.64. The Kier molecular flexibility index (Phi) is 4.85. The maximum Gasteiger partial charge on any atom is 0.319 e. The molecule has 0 bridgehead atoms. The van der Waals surface area contributed by atoms with Gasteiger partial charge in [-0.15, -0.1) is 0 Å². The Labute approximate surface area is 131 Å². The molecule has 118 valence electrons. The van der Waals surface area contributed by atoms with Gasteiger partial charge in [0.25, 0.3) is 0 Å². The largest absolute Gasteiger partial charge is 0.372 e. The number of anilines is 1. The first-order chi connectivity index (χ1) is 10.5. The van der Waals surface area contributed by atoms with Crippen molar-refractivity contribution in [2.24, 2.45) is 0 Å². The van der Waals surface area contributed by atoms with Gasteiger partial charge in [0.1, 0.15) is 0 Å². The van der Waals surface area contributed by atoms with Crippen LogP contribution >= 0.6 is 0 Å². The smallest absolute Gasteiger partial charge is 0.319 e. The van der Waals surface area contributed by atoms with Crippen LogP contribution in [0.5, 0.6) is 0 Å². The summed E-state index contributed by atoms with van der Waals surface area (Å²) in [4.78, 5) is 25.9. The van der Waals surface area contributed by atoms with E-state index in [2.05, 4.69) is 29.4 Å². The third-order valence-corrected chi connectivity index (χ3v) is 4.00. The van der Waals surface area contributed by atoms with Crippen molar-refractivity contribution in [1.29, 1.82) is 0 Å². The summed E-state index contributed by atoms with van der Waals surface area (Å²) >= 11 is 0. The van der Waals surface area contributed by atoms with Crippen LogP contribution in [0.1, 0.15) is 39.3 Å². The minimum Gasteiger partial charge on any atom is -0.372 e. The molecule has 0 radical (unpaired) electrons. The van der Waals surface area contributed by atoms with Crippen molar-refractivity contribution >= 4 is 17.5 Å². The third-order valence-electron chi connectivity index (χ3n) is 4.00. The van der Waals surface area contributed by atoms with E-state index in [0.717, 1.165) is 24.3 Å². The van der Waals surface area contributed by atoms with E-state index >= 15 is 0 Å². The summed E-state index contributed by atoms with van der Waals surface area (Å²) in [5.41, 5.74) is 3.28. The molecule has 2 N–H and O–H groups in total. The molecule has 0 aromatic heterocycles. The Bertz CT molecular complexity index is 601. The molecular weight excluding hydrogens is 278 g/mol. The lowest BCUT2D eigenvalue weighted by Gasteiger charge is -2.28. The molecule has 2 rings (SSSR count). The number of nitrogens with zero attached hydrogens (tertiary/aromatic N) is 1. The highest BCUT2D eigenvalue weighted by Crippen LogP contribution is 2.28. The first-order valence-electron chi connectivity index (χ1n) is 7.62. The summed E-state index contributed by atoms with van der Waals surface area (Å²) in [5.74, 6) is -0.0391. The molecule has 1 unspecified atom stereocenters. The fourth-order valence-corrected chi connectivity index (χ4v) is 2.88. The standard InChI is InChI=1S/C17H23N3O2/c1-5-20(6-2)14-9-7-13(8-10-14)16-15(12(4)21)11(3)18-17(22)19-16/h7-10,16H,5-6H2,1-4H3,(H2,18,19,22). The minimum absolute atomic E-state index is 0.0391. The number of urea groups is 1. The van der Waals surface area contributed by atoms with E-state index in [1.807, 2.05) is 24.3 Å². The van der Waals surface area contributed by atoms with Crippen molar-refractivity contribution in [3.63, 3.8) is 0 Å². The van der Waals surface area contributed by atoms with Crippen molar-refractivity contribution in [1.82, 2.24) is 10.6 Å². The molecule has 5 nitrogen and oxygen atoms in total. The molecule has 0 saturated heterocycles. The second-order valence-electron chi connectivity index (χ2n) is 5.39. The van der Waals surface area contributed by atoms with Gasteiger partial charge in [0, 0.05) is 30.0 Å². The number of hydrogen-bond acceptors (Lipinski definition) is 3. The summed E-state index contributed by atoms with van der Waals surface area (Å²) < 4.78 is 0. The third kappa shape index (κ3) is 3.13. The zero-order chi connectivity index (χ0) is 16.3. The SMILES string of the molecule is CCN(CC)c1ccc(C2NC(=O)NC(C)=C2C(C)=O)cc1. The fourth-order valence-electron chi connectivity index (χ4n) is 2.88. The summed E-state index contributed by atoms with van der Waals surface area (Å²) in [6, 6.07) is 7.34. The number of nitrogens with one attached hydrogen (secondary N) is 2. The molecule has 1 aromatic carbocycles. The Morgan fingerprint density at radius 2 is 1.77 bits per heavy atom. The topological polar surface area (TPSA) is 61.4 Å². The van der Waals surface area contributed by atoms with E-state index < -0.39 is 6.04 Å². The molecule has 1 heterocycles. The lowest BCUT2D eigenvalue weighted by molar-refractivity contribution is -0.114.